The van der Waals surface area contributed by atoms with Gasteiger partial charge in [-0.05, 0) is 36.4 Å². The summed E-state index contributed by atoms with van der Waals surface area (Å²) in [6, 6.07) is 16.6. The third-order valence-electron chi connectivity index (χ3n) is 3.25. The van der Waals surface area contributed by atoms with Crippen molar-refractivity contribution in [3.05, 3.63) is 54.6 Å². The van der Waals surface area contributed by atoms with Crippen LogP contribution in [-0.2, 0) is 9.59 Å². The number of benzene rings is 2. The average molecular weight is 400 g/mol. The van der Waals surface area contributed by atoms with Crippen molar-refractivity contribution in [2.75, 3.05) is 21.7 Å². The fourth-order valence-electron chi connectivity index (χ4n) is 2.13. The summed E-state index contributed by atoms with van der Waals surface area (Å²) in [5.74, 6) is -0.0469. The summed E-state index contributed by atoms with van der Waals surface area (Å²) in [5, 5.41) is 17.5. The van der Waals surface area contributed by atoms with E-state index in [2.05, 4.69) is 26.1 Å². The number of nitrogens with one attached hydrogen (secondary N) is 3. The molecule has 2 aromatic carbocycles. The van der Waals surface area contributed by atoms with E-state index in [1.165, 1.54) is 30.0 Å². The SMILES string of the molecule is CC(=O)Nc1ccc(NC(=O)CSc2nnc(Nc3ccccc3)s2)cc1. The van der Waals surface area contributed by atoms with Crippen molar-refractivity contribution in [3.8, 4) is 0 Å². The van der Waals surface area contributed by atoms with Crippen molar-refractivity contribution in [3.63, 3.8) is 0 Å². The number of rotatable bonds is 7. The van der Waals surface area contributed by atoms with Crippen LogP contribution in [0.4, 0.5) is 22.2 Å². The summed E-state index contributed by atoms with van der Waals surface area (Å²) in [4.78, 5) is 23.1. The lowest BCUT2D eigenvalue weighted by molar-refractivity contribution is -0.114. The summed E-state index contributed by atoms with van der Waals surface area (Å²) in [6.45, 7) is 1.45. The van der Waals surface area contributed by atoms with Gasteiger partial charge in [0, 0.05) is 24.0 Å². The zero-order valence-electron chi connectivity index (χ0n) is 14.4. The highest BCUT2D eigenvalue weighted by atomic mass is 32.2. The smallest absolute Gasteiger partial charge is 0.234 e. The van der Waals surface area contributed by atoms with E-state index in [0.717, 1.165) is 5.69 Å². The van der Waals surface area contributed by atoms with E-state index in [0.29, 0.717) is 20.8 Å². The van der Waals surface area contributed by atoms with E-state index in [9.17, 15) is 9.59 Å². The Kier molecular flexibility index (Phi) is 6.39. The Morgan fingerprint density at radius 1 is 0.926 bits per heavy atom. The molecule has 0 fully saturated rings. The molecule has 0 saturated heterocycles. The van der Waals surface area contributed by atoms with Gasteiger partial charge in [0.1, 0.15) is 0 Å². The number of hydrogen-bond acceptors (Lipinski definition) is 7. The van der Waals surface area contributed by atoms with Crippen molar-refractivity contribution < 1.29 is 9.59 Å². The number of para-hydroxylation sites is 1. The molecule has 3 rings (SSSR count). The molecule has 9 heteroatoms. The van der Waals surface area contributed by atoms with Crippen molar-refractivity contribution in [1.29, 1.82) is 0 Å². The molecule has 0 aliphatic rings. The van der Waals surface area contributed by atoms with Gasteiger partial charge in [0.05, 0.1) is 5.75 Å². The van der Waals surface area contributed by atoms with E-state index < -0.39 is 0 Å². The zero-order valence-corrected chi connectivity index (χ0v) is 16.1. The maximum Gasteiger partial charge on any atom is 0.234 e. The fourth-order valence-corrected chi connectivity index (χ4v) is 3.70. The third-order valence-corrected chi connectivity index (χ3v) is 5.22. The van der Waals surface area contributed by atoms with E-state index >= 15 is 0 Å². The Labute approximate surface area is 164 Å². The number of nitrogens with zero attached hydrogens (tertiary/aromatic N) is 2. The largest absolute Gasteiger partial charge is 0.330 e. The van der Waals surface area contributed by atoms with E-state index in [1.54, 1.807) is 24.3 Å². The number of aromatic nitrogens is 2. The molecule has 3 N–H and O–H groups in total. The Hall–Kier alpha value is -2.91. The third kappa shape index (κ3) is 6.08. The molecule has 0 atom stereocenters. The molecule has 1 heterocycles. The first-order chi connectivity index (χ1) is 13.1. The molecule has 138 valence electrons. The van der Waals surface area contributed by atoms with Crippen LogP contribution in [0.15, 0.2) is 58.9 Å². The van der Waals surface area contributed by atoms with Crippen molar-refractivity contribution in [2.45, 2.75) is 11.3 Å². The second-order valence-corrected chi connectivity index (χ2v) is 7.66. The number of thioether (sulfide) groups is 1. The number of carbonyl (C=O) groups is 2. The Bertz CT molecular complexity index is 913. The maximum absolute atomic E-state index is 12.1. The minimum Gasteiger partial charge on any atom is -0.330 e. The highest BCUT2D eigenvalue weighted by Crippen LogP contribution is 2.27. The van der Waals surface area contributed by atoms with Gasteiger partial charge < -0.3 is 16.0 Å². The number of hydrogen-bond donors (Lipinski definition) is 3. The zero-order chi connectivity index (χ0) is 19.1. The van der Waals surface area contributed by atoms with Gasteiger partial charge in [0.25, 0.3) is 0 Å². The number of anilines is 4. The molecule has 0 saturated carbocycles. The average Bonchev–Trinajstić information content (AvgIpc) is 3.09. The normalized spacial score (nSPS) is 10.3. The molecular weight excluding hydrogens is 382 g/mol. The van der Waals surface area contributed by atoms with E-state index in [1.807, 2.05) is 30.3 Å². The molecule has 0 aliphatic carbocycles. The highest BCUT2D eigenvalue weighted by molar-refractivity contribution is 8.01. The molecule has 27 heavy (non-hydrogen) atoms. The Morgan fingerprint density at radius 2 is 1.59 bits per heavy atom. The van der Waals surface area contributed by atoms with Gasteiger partial charge >= 0.3 is 0 Å². The molecular formula is C18H17N5O2S2. The molecule has 2 amide bonds. The lowest BCUT2D eigenvalue weighted by Crippen LogP contribution is -2.14. The van der Waals surface area contributed by atoms with Crippen LogP contribution in [0, 0.1) is 0 Å². The molecule has 3 aromatic rings. The van der Waals surface area contributed by atoms with Crippen molar-refractivity contribution >= 4 is 57.1 Å². The Balaban J connectivity index is 1.47. The number of amides is 2. The molecule has 0 radical (unpaired) electrons. The van der Waals surface area contributed by atoms with Crippen molar-refractivity contribution in [2.24, 2.45) is 0 Å². The van der Waals surface area contributed by atoms with Crippen LogP contribution in [0.25, 0.3) is 0 Å². The van der Waals surface area contributed by atoms with Crippen LogP contribution in [0.3, 0.4) is 0 Å². The van der Waals surface area contributed by atoms with Crippen LogP contribution < -0.4 is 16.0 Å². The summed E-state index contributed by atoms with van der Waals surface area (Å²) in [6.07, 6.45) is 0. The first kappa shape index (κ1) is 18.9. The van der Waals surface area contributed by atoms with Gasteiger partial charge in [0.15, 0.2) is 4.34 Å². The summed E-state index contributed by atoms with van der Waals surface area (Å²) < 4.78 is 0.713. The topological polar surface area (TPSA) is 96.0 Å². The summed E-state index contributed by atoms with van der Waals surface area (Å²) in [5.41, 5.74) is 2.28. The molecule has 0 aliphatic heterocycles. The predicted molar refractivity (Wildman–Crippen MR) is 110 cm³/mol. The van der Waals surface area contributed by atoms with Crippen molar-refractivity contribution in [1.82, 2.24) is 10.2 Å². The van der Waals surface area contributed by atoms with Crippen LogP contribution in [0.5, 0.6) is 0 Å². The quantitative estimate of drug-likeness (QED) is 0.520. The highest BCUT2D eigenvalue weighted by Gasteiger charge is 2.09. The monoisotopic (exact) mass is 399 g/mol. The lowest BCUT2D eigenvalue weighted by Gasteiger charge is -2.06. The second kappa shape index (κ2) is 9.15. The minimum atomic E-state index is -0.139. The van der Waals surface area contributed by atoms with Crippen LogP contribution >= 0.6 is 23.1 Å². The van der Waals surface area contributed by atoms with Gasteiger partial charge in [-0.3, -0.25) is 9.59 Å². The molecule has 0 bridgehead atoms. The minimum absolute atomic E-state index is 0.138. The maximum atomic E-state index is 12.1. The predicted octanol–water partition coefficient (Wildman–Crippen LogP) is 3.97. The summed E-state index contributed by atoms with van der Waals surface area (Å²) >= 11 is 2.72. The van der Waals surface area contributed by atoms with Gasteiger partial charge in [-0.2, -0.15) is 0 Å². The van der Waals surface area contributed by atoms with E-state index in [4.69, 9.17) is 0 Å². The van der Waals surface area contributed by atoms with Crippen LogP contribution in [0.2, 0.25) is 0 Å². The van der Waals surface area contributed by atoms with Gasteiger partial charge in [0.2, 0.25) is 16.9 Å². The number of carbonyl (C=O) groups excluding carboxylic acids is 2. The lowest BCUT2D eigenvalue weighted by atomic mass is 10.3. The van der Waals surface area contributed by atoms with Crippen LogP contribution in [-0.4, -0.2) is 27.8 Å². The molecule has 7 nitrogen and oxygen atoms in total. The molecule has 0 unspecified atom stereocenters. The molecule has 0 spiro atoms. The second-order valence-electron chi connectivity index (χ2n) is 5.46. The van der Waals surface area contributed by atoms with Gasteiger partial charge in [-0.1, -0.05) is 41.3 Å². The summed E-state index contributed by atoms with van der Waals surface area (Å²) in [7, 11) is 0. The standard InChI is InChI=1S/C18H17N5O2S2/c1-12(24)19-14-7-9-15(10-8-14)20-16(25)11-26-18-23-22-17(27-18)21-13-5-3-2-4-6-13/h2-10H,11H2,1H3,(H,19,24)(H,20,25)(H,21,22). The van der Waals surface area contributed by atoms with Gasteiger partial charge in [-0.15, -0.1) is 10.2 Å². The van der Waals surface area contributed by atoms with Crippen LogP contribution in [0.1, 0.15) is 6.92 Å². The molecule has 1 aromatic heterocycles. The van der Waals surface area contributed by atoms with Gasteiger partial charge in [-0.25, -0.2) is 0 Å². The first-order valence-electron chi connectivity index (χ1n) is 8.04. The Morgan fingerprint density at radius 3 is 2.26 bits per heavy atom. The van der Waals surface area contributed by atoms with E-state index in [-0.39, 0.29) is 17.6 Å². The first-order valence-corrected chi connectivity index (χ1v) is 9.84. The fraction of sp³-hybridized carbons (Fsp3) is 0.111.